The molecule has 0 radical (unpaired) electrons. The van der Waals surface area contributed by atoms with Gasteiger partial charge in [-0.3, -0.25) is 14.4 Å². The van der Waals surface area contributed by atoms with Crippen LogP contribution in [-0.4, -0.2) is 41.5 Å². The number of rotatable bonds is 15. The Balaban J connectivity index is 2.77. The molecular weight excluding hydrogens is 410 g/mol. The number of ketones is 1. The van der Waals surface area contributed by atoms with Crippen LogP contribution in [0.3, 0.4) is 0 Å². The van der Waals surface area contributed by atoms with E-state index in [1.165, 1.54) is 33.1 Å². The highest BCUT2D eigenvalue weighted by Gasteiger charge is 2.33. The molecule has 2 N–H and O–H groups in total. The number of benzene rings is 1. The molecule has 0 bridgehead atoms. The predicted molar refractivity (Wildman–Crippen MR) is 121 cm³/mol. The van der Waals surface area contributed by atoms with Crippen molar-refractivity contribution in [2.75, 3.05) is 13.2 Å². The van der Waals surface area contributed by atoms with Crippen molar-refractivity contribution in [2.24, 2.45) is 0 Å². The Bertz CT molecular complexity index is 793. The molecule has 0 aliphatic carbocycles. The zero-order chi connectivity index (χ0) is 23.8. The molecule has 0 heterocycles. The molecule has 0 aliphatic heterocycles. The van der Waals surface area contributed by atoms with Crippen molar-refractivity contribution in [3.05, 3.63) is 35.4 Å². The highest BCUT2D eigenvalue weighted by molar-refractivity contribution is 5.96. The molecule has 0 aromatic heterocycles. The van der Waals surface area contributed by atoms with Crippen LogP contribution in [0.4, 0.5) is 0 Å². The van der Waals surface area contributed by atoms with Crippen LogP contribution in [0, 0.1) is 12.2 Å². The smallest absolute Gasteiger partial charge is 0.302 e. The van der Waals surface area contributed by atoms with Gasteiger partial charge in [-0.25, -0.2) is 0 Å². The molecule has 176 valence electrons. The van der Waals surface area contributed by atoms with Crippen LogP contribution in [0.25, 0.3) is 0 Å². The van der Waals surface area contributed by atoms with Gasteiger partial charge in [-0.2, -0.15) is 0 Å². The van der Waals surface area contributed by atoms with Gasteiger partial charge in [-0.05, 0) is 24.8 Å². The Morgan fingerprint density at radius 3 is 2.31 bits per heavy atom. The maximum atomic E-state index is 12.4. The Hall–Kier alpha value is -3.01. The summed E-state index contributed by atoms with van der Waals surface area (Å²) < 4.78 is 10.3. The zero-order valence-corrected chi connectivity index (χ0v) is 19.4. The minimum absolute atomic E-state index is 0.0674. The Kier molecular flexibility index (Phi) is 12.6. The molecule has 1 aromatic rings. The summed E-state index contributed by atoms with van der Waals surface area (Å²) in [6.45, 7) is 4.65. The number of hydrogen-bond acceptors (Lipinski definition) is 6. The second kappa shape index (κ2) is 14.9. The van der Waals surface area contributed by atoms with Crippen LogP contribution in [0.2, 0.25) is 0 Å². The number of hydrogen-bond donors (Lipinski definition) is 2. The summed E-state index contributed by atoms with van der Waals surface area (Å²) in [6, 6.07) is 7.43. The Morgan fingerprint density at radius 1 is 1.03 bits per heavy atom. The van der Waals surface area contributed by atoms with Gasteiger partial charge in [0.15, 0.2) is 18.0 Å². The molecule has 1 unspecified atom stereocenters. The zero-order valence-electron chi connectivity index (χ0n) is 19.4. The first-order chi connectivity index (χ1) is 15.3. The van der Waals surface area contributed by atoms with Gasteiger partial charge < -0.3 is 19.9 Å². The monoisotopic (exact) mass is 445 g/mol. The molecule has 1 atom stereocenters. The third kappa shape index (κ3) is 10.9. The lowest BCUT2D eigenvalue weighted by atomic mass is 9.91. The first kappa shape index (κ1) is 27.0. The molecule has 0 fully saturated rings. The van der Waals surface area contributed by atoms with E-state index in [1.54, 1.807) is 6.11 Å². The Morgan fingerprint density at radius 2 is 1.72 bits per heavy atom. The van der Waals surface area contributed by atoms with Crippen molar-refractivity contribution in [3.63, 3.8) is 0 Å². The minimum atomic E-state index is -1.01. The van der Waals surface area contributed by atoms with E-state index in [1.807, 2.05) is 24.3 Å². The van der Waals surface area contributed by atoms with Crippen molar-refractivity contribution in [1.82, 2.24) is 5.32 Å². The molecule has 0 saturated heterocycles. The van der Waals surface area contributed by atoms with E-state index < -0.39 is 11.5 Å². The van der Waals surface area contributed by atoms with E-state index in [0.29, 0.717) is 24.8 Å². The number of aliphatic hydroxyl groups is 1. The highest BCUT2D eigenvalue weighted by atomic mass is 16.5. The van der Waals surface area contributed by atoms with Gasteiger partial charge >= 0.3 is 5.97 Å². The lowest BCUT2D eigenvalue weighted by Crippen LogP contribution is -2.55. The van der Waals surface area contributed by atoms with Crippen LogP contribution < -0.4 is 5.32 Å². The SMILES string of the molecule is CCCCCCCC(=O)c1ccc(CCC(COC#CO)(COC(C)=O)NC(C)=O)cc1. The lowest BCUT2D eigenvalue weighted by Gasteiger charge is -2.32. The molecular formula is C25H35NO6. The quantitative estimate of drug-likeness (QED) is 0.184. The van der Waals surface area contributed by atoms with E-state index >= 15 is 0 Å². The van der Waals surface area contributed by atoms with Crippen LogP contribution in [0.1, 0.15) is 81.6 Å². The number of carbonyl (C=O) groups excluding carboxylic acids is 3. The van der Waals surface area contributed by atoms with Gasteiger partial charge in [0.25, 0.3) is 0 Å². The van der Waals surface area contributed by atoms with Crippen molar-refractivity contribution in [3.8, 4) is 12.2 Å². The summed E-state index contributed by atoms with van der Waals surface area (Å²) in [6.07, 6.45) is 10.8. The Labute approximate surface area is 190 Å². The highest BCUT2D eigenvalue weighted by Crippen LogP contribution is 2.19. The van der Waals surface area contributed by atoms with Crippen molar-refractivity contribution in [1.29, 1.82) is 0 Å². The number of unbranched alkanes of at least 4 members (excludes halogenated alkanes) is 4. The van der Waals surface area contributed by atoms with Gasteiger partial charge in [-0.1, -0.05) is 56.9 Å². The van der Waals surface area contributed by atoms with Crippen LogP contribution in [0.5, 0.6) is 0 Å². The van der Waals surface area contributed by atoms with Crippen LogP contribution in [-0.2, 0) is 25.5 Å². The molecule has 0 spiro atoms. The maximum absolute atomic E-state index is 12.4. The van der Waals surface area contributed by atoms with Crippen molar-refractivity contribution >= 4 is 17.7 Å². The second-order valence-electron chi connectivity index (χ2n) is 8.03. The molecule has 0 aliphatic rings. The predicted octanol–water partition coefficient (Wildman–Crippen LogP) is 3.91. The fraction of sp³-hybridized carbons (Fsp3) is 0.560. The van der Waals surface area contributed by atoms with Gasteiger partial charge in [-0.15, -0.1) is 0 Å². The number of carbonyl (C=O) groups is 3. The summed E-state index contributed by atoms with van der Waals surface area (Å²) in [5, 5.41) is 11.4. The summed E-state index contributed by atoms with van der Waals surface area (Å²) in [5.74, 6) is -0.644. The third-order valence-electron chi connectivity index (χ3n) is 5.13. The molecule has 7 nitrogen and oxygen atoms in total. The fourth-order valence-corrected chi connectivity index (χ4v) is 3.41. The number of aryl methyl sites for hydroxylation is 1. The van der Waals surface area contributed by atoms with E-state index in [-0.39, 0.29) is 24.9 Å². The summed E-state index contributed by atoms with van der Waals surface area (Å²) in [7, 11) is 0. The first-order valence-electron chi connectivity index (χ1n) is 11.1. The average molecular weight is 446 g/mol. The molecule has 1 amide bonds. The van der Waals surface area contributed by atoms with Crippen molar-refractivity contribution in [2.45, 2.75) is 77.7 Å². The molecule has 0 saturated carbocycles. The van der Waals surface area contributed by atoms with E-state index in [2.05, 4.69) is 18.3 Å². The standard InChI is InChI=1S/C25H35NO6/c1-4-5-6-7-8-9-24(30)23-12-10-22(11-13-23)14-15-25(26-20(2)28,18-31-17-16-27)19-32-21(3)29/h10-13,27H,4-9,14-15,18-19H2,1-3H3,(H,26,28). The third-order valence-corrected chi connectivity index (χ3v) is 5.13. The maximum Gasteiger partial charge on any atom is 0.302 e. The normalized spacial score (nSPS) is 12.1. The number of esters is 1. The minimum Gasteiger partial charge on any atom is -0.463 e. The molecule has 7 heteroatoms. The number of amides is 1. The van der Waals surface area contributed by atoms with Crippen molar-refractivity contribution < 1.29 is 29.0 Å². The van der Waals surface area contributed by atoms with E-state index in [9.17, 15) is 14.4 Å². The molecule has 1 rings (SSSR count). The van der Waals surface area contributed by atoms with Crippen LogP contribution in [0.15, 0.2) is 24.3 Å². The van der Waals surface area contributed by atoms with Gasteiger partial charge in [0.2, 0.25) is 5.91 Å². The second-order valence-corrected chi connectivity index (χ2v) is 8.03. The number of Topliss-reactive ketones (excluding diaryl/α,β-unsaturated/α-hetero) is 1. The molecule has 1 aromatic carbocycles. The first-order valence-corrected chi connectivity index (χ1v) is 11.1. The van der Waals surface area contributed by atoms with Crippen LogP contribution >= 0.6 is 0 Å². The molecule has 32 heavy (non-hydrogen) atoms. The number of ether oxygens (including phenoxy) is 2. The topological polar surface area (TPSA) is 102 Å². The lowest BCUT2D eigenvalue weighted by molar-refractivity contribution is -0.145. The number of nitrogens with one attached hydrogen (secondary N) is 1. The largest absolute Gasteiger partial charge is 0.463 e. The number of aliphatic hydroxyl groups excluding tert-OH is 1. The van der Waals surface area contributed by atoms with E-state index in [4.69, 9.17) is 14.6 Å². The fourth-order valence-electron chi connectivity index (χ4n) is 3.41. The summed E-state index contributed by atoms with van der Waals surface area (Å²) in [4.78, 5) is 35.5. The van der Waals surface area contributed by atoms with Gasteiger partial charge in [0.05, 0.1) is 0 Å². The van der Waals surface area contributed by atoms with Gasteiger partial charge in [0.1, 0.15) is 18.8 Å². The van der Waals surface area contributed by atoms with Gasteiger partial charge in [0, 0.05) is 25.8 Å². The average Bonchev–Trinajstić information content (AvgIpc) is 2.76. The van der Waals surface area contributed by atoms with E-state index in [0.717, 1.165) is 18.4 Å². The summed E-state index contributed by atoms with van der Waals surface area (Å²) in [5.41, 5.74) is 0.656. The summed E-state index contributed by atoms with van der Waals surface area (Å²) >= 11 is 0.